The summed E-state index contributed by atoms with van der Waals surface area (Å²) in [7, 11) is 0. The van der Waals surface area contributed by atoms with Crippen LogP contribution in [0.5, 0.6) is 5.75 Å². The van der Waals surface area contributed by atoms with E-state index >= 15 is 0 Å². The molecule has 0 radical (unpaired) electrons. The van der Waals surface area contributed by atoms with Crippen LogP contribution in [-0.2, 0) is 22.7 Å². The number of aromatic nitrogens is 1. The molecule has 1 heterocycles. The highest BCUT2D eigenvalue weighted by Crippen LogP contribution is 2.40. The fraction of sp³-hybridized carbons (Fsp3) is 0.400. The summed E-state index contributed by atoms with van der Waals surface area (Å²) >= 11 is 2.64. The minimum absolute atomic E-state index is 0.414. The third-order valence-corrected chi connectivity index (χ3v) is 2.75. The van der Waals surface area contributed by atoms with Crippen LogP contribution in [0, 0.1) is 0 Å². The largest absolute Gasteiger partial charge is 0.573 e. The van der Waals surface area contributed by atoms with Crippen LogP contribution in [0.1, 0.15) is 16.8 Å². The molecule has 0 saturated heterocycles. The minimum Gasteiger partial charge on any atom is -0.481 e. The molecule has 1 N–H and O–H groups in total. The third kappa shape index (κ3) is 4.76. The molecule has 118 valence electrons. The number of carboxylic acids is 1. The Morgan fingerprint density at radius 1 is 1.29 bits per heavy atom. The van der Waals surface area contributed by atoms with E-state index in [4.69, 9.17) is 5.11 Å². The normalized spacial score (nSPS) is 12.3. The molecule has 21 heavy (non-hydrogen) atoms. The van der Waals surface area contributed by atoms with Gasteiger partial charge in [0.1, 0.15) is 0 Å². The van der Waals surface area contributed by atoms with E-state index < -0.39 is 52.8 Å². The summed E-state index contributed by atoms with van der Waals surface area (Å²) in [6, 6.07) is 0. The van der Waals surface area contributed by atoms with Crippen molar-refractivity contribution in [2.24, 2.45) is 0 Å². The Labute approximate surface area is 121 Å². The first-order valence-corrected chi connectivity index (χ1v) is 6.19. The smallest absolute Gasteiger partial charge is 0.481 e. The molecular formula is C10H6BrF6NO3. The van der Waals surface area contributed by atoms with E-state index in [0.717, 1.165) is 0 Å². The maximum atomic E-state index is 13.0. The summed E-state index contributed by atoms with van der Waals surface area (Å²) < 4.78 is 78.9. The van der Waals surface area contributed by atoms with E-state index in [1.54, 1.807) is 0 Å². The number of hydrogen-bond acceptors (Lipinski definition) is 3. The highest BCUT2D eigenvalue weighted by Gasteiger charge is 2.40. The molecule has 0 aliphatic carbocycles. The lowest BCUT2D eigenvalue weighted by atomic mass is 10.0. The Bertz CT molecular complexity index is 543. The molecule has 4 nitrogen and oxygen atoms in total. The molecule has 1 rings (SSSR count). The van der Waals surface area contributed by atoms with Gasteiger partial charge in [-0.3, -0.25) is 9.78 Å². The fourth-order valence-corrected chi connectivity index (χ4v) is 2.09. The number of alkyl halides is 7. The summed E-state index contributed by atoms with van der Waals surface area (Å²) in [5.74, 6) is -2.74. The first-order valence-electron chi connectivity index (χ1n) is 5.07. The number of nitrogens with zero attached hydrogens (tertiary/aromatic N) is 1. The van der Waals surface area contributed by atoms with E-state index in [2.05, 4.69) is 25.7 Å². The van der Waals surface area contributed by atoms with Gasteiger partial charge in [-0.15, -0.1) is 13.2 Å². The second-order valence-corrected chi connectivity index (χ2v) is 4.23. The van der Waals surface area contributed by atoms with E-state index in [9.17, 15) is 31.1 Å². The molecule has 1 aromatic heterocycles. The Morgan fingerprint density at radius 3 is 2.24 bits per heavy atom. The summed E-state index contributed by atoms with van der Waals surface area (Å²) in [6.07, 6.45) is -10.9. The first kappa shape index (κ1) is 17.5. The van der Waals surface area contributed by atoms with Gasteiger partial charge in [0.15, 0.2) is 5.75 Å². The summed E-state index contributed by atoms with van der Waals surface area (Å²) in [4.78, 5) is 13.7. The van der Waals surface area contributed by atoms with Gasteiger partial charge in [-0.25, -0.2) is 0 Å². The number of hydrogen-bond donors (Lipinski definition) is 1. The van der Waals surface area contributed by atoms with Gasteiger partial charge in [0, 0.05) is 10.9 Å². The third-order valence-electron chi connectivity index (χ3n) is 2.19. The van der Waals surface area contributed by atoms with Gasteiger partial charge in [0.2, 0.25) is 0 Å². The van der Waals surface area contributed by atoms with Crippen molar-refractivity contribution in [1.82, 2.24) is 4.98 Å². The topological polar surface area (TPSA) is 59.4 Å². The molecule has 0 amide bonds. The predicted molar refractivity (Wildman–Crippen MR) is 59.9 cm³/mol. The van der Waals surface area contributed by atoms with Gasteiger partial charge >= 0.3 is 18.5 Å². The number of carboxylic acid groups (broad SMARTS) is 1. The number of aliphatic carboxylic acids is 1. The summed E-state index contributed by atoms with van der Waals surface area (Å²) in [6.45, 7) is 0. The molecule has 0 aliphatic heterocycles. The second kappa shape index (κ2) is 6.08. The number of ether oxygens (including phenoxy) is 1. The molecule has 0 aromatic carbocycles. The second-order valence-electron chi connectivity index (χ2n) is 3.67. The Hall–Kier alpha value is -1.52. The van der Waals surface area contributed by atoms with Gasteiger partial charge in [-0.1, -0.05) is 15.9 Å². The molecule has 0 unspecified atom stereocenters. The van der Waals surface area contributed by atoms with Crippen molar-refractivity contribution in [2.45, 2.75) is 24.3 Å². The van der Waals surface area contributed by atoms with Crippen molar-refractivity contribution < 1.29 is 41.0 Å². The maximum absolute atomic E-state index is 13.0. The van der Waals surface area contributed by atoms with Gasteiger partial charge < -0.3 is 9.84 Å². The Balaban J connectivity index is 3.50. The van der Waals surface area contributed by atoms with Gasteiger partial charge in [-0.2, -0.15) is 13.2 Å². The lowest BCUT2D eigenvalue weighted by Gasteiger charge is -2.19. The fourth-order valence-electron chi connectivity index (χ4n) is 1.53. The molecule has 0 aliphatic rings. The number of carbonyl (C=O) groups is 1. The number of pyridine rings is 1. The van der Waals surface area contributed by atoms with Gasteiger partial charge in [0.25, 0.3) is 0 Å². The van der Waals surface area contributed by atoms with E-state index in [1.807, 2.05) is 0 Å². The summed E-state index contributed by atoms with van der Waals surface area (Å²) in [5.41, 5.74) is -3.31. The summed E-state index contributed by atoms with van der Waals surface area (Å²) in [5, 5.41) is 7.92. The quantitative estimate of drug-likeness (QED) is 0.640. The monoisotopic (exact) mass is 381 g/mol. The van der Waals surface area contributed by atoms with Crippen LogP contribution in [0.4, 0.5) is 26.3 Å². The zero-order chi connectivity index (χ0) is 16.4. The average molecular weight is 382 g/mol. The van der Waals surface area contributed by atoms with E-state index in [0.29, 0.717) is 6.20 Å². The van der Waals surface area contributed by atoms with Crippen molar-refractivity contribution >= 4 is 21.9 Å². The first-order chi connectivity index (χ1) is 9.45. The standard InChI is InChI=1S/C10H6BrF6NO3/c11-2-4-6(21-10(15,16)17)3-18-5(1-7(19)20)8(4)9(12,13)14/h3H,1-2H2,(H,19,20). The Morgan fingerprint density at radius 2 is 1.86 bits per heavy atom. The van der Waals surface area contributed by atoms with Crippen LogP contribution in [0.2, 0.25) is 0 Å². The average Bonchev–Trinajstić information content (AvgIpc) is 2.26. The molecule has 11 heteroatoms. The molecule has 0 bridgehead atoms. The van der Waals surface area contributed by atoms with Crippen LogP contribution >= 0.6 is 15.9 Å². The van der Waals surface area contributed by atoms with Crippen LogP contribution in [0.3, 0.4) is 0 Å². The van der Waals surface area contributed by atoms with Crippen LogP contribution < -0.4 is 4.74 Å². The van der Waals surface area contributed by atoms with Crippen molar-refractivity contribution in [3.8, 4) is 5.75 Å². The van der Waals surface area contributed by atoms with Crippen LogP contribution in [-0.4, -0.2) is 22.4 Å². The molecular weight excluding hydrogens is 376 g/mol. The van der Waals surface area contributed by atoms with Crippen molar-refractivity contribution in [3.05, 3.63) is 23.0 Å². The molecule has 0 atom stereocenters. The SMILES string of the molecule is O=C(O)Cc1ncc(OC(F)(F)F)c(CBr)c1C(F)(F)F. The number of rotatable bonds is 4. The minimum atomic E-state index is -5.20. The van der Waals surface area contributed by atoms with E-state index in [-0.39, 0.29) is 0 Å². The molecule has 0 saturated carbocycles. The highest BCUT2D eigenvalue weighted by atomic mass is 79.9. The van der Waals surface area contributed by atoms with Crippen LogP contribution in [0.25, 0.3) is 0 Å². The zero-order valence-corrected chi connectivity index (χ0v) is 11.4. The predicted octanol–water partition coefficient (Wildman–Crippen LogP) is 3.52. The maximum Gasteiger partial charge on any atom is 0.573 e. The molecule has 0 spiro atoms. The molecule has 0 fully saturated rings. The lowest BCUT2D eigenvalue weighted by Crippen LogP contribution is -2.22. The van der Waals surface area contributed by atoms with Gasteiger partial charge in [-0.05, 0) is 0 Å². The number of halogens is 7. The van der Waals surface area contributed by atoms with Crippen molar-refractivity contribution in [1.29, 1.82) is 0 Å². The Kier molecular flexibility index (Phi) is 5.07. The van der Waals surface area contributed by atoms with Gasteiger partial charge in [0.05, 0.1) is 23.9 Å². The van der Waals surface area contributed by atoms with Crippen molar-refractivity contribution in [2.75, 3.05) is 0 Å². The zero-order valence-electron chi connectivity index (χ0n) is 9.85. The highest BCUT2D eigenvalue weighted by molar-refractivity contribution is 9.08. The van der Waals surface area contributed by atoms with E-state index in [1.165, 1.54) is 0 Å². The molecule has 1 aromatic rings. The van der Waals surface area contributed by atoms with Crippen molar-refractivity contribution in [3.63, 3.8) is 0 Å². The van der Waals surface area contributed by atoms with Crippen LogP contribution in [0.15, 0.2) is 6.20 Å². The lowest BCUT2D eigenvalue weighted by molar-refractivity contribution is -0.275.